The van der Waals surface area contributed by atoms with Gasteiger partial charge in [0, 0.05) is 18.7 Å². The highest BCUT2D eigenvalue weighted by Gasteiger charge is 2.33. The summed E-state index contributed by atoms with van der Waals surface area (Å²) in [6.45, 7) is 0.666. The number of alkyl halides is 2. The van der Waals surface area contributed by atoms with Crippen molar-refractivity contribution in [1.82, 2.24) is 4.98 Å². The number of rotatable bonds is 2. The quantitative estimate of drug-likeness (QED) is 0.820. The zero-order valence-corrected chi connectivity index (χ0v) is 8.42. The largest absolute Gasteiger partial charge is 0.382 e. The first-order valence-corrected chi connectivity index (χ1v) is 4.38. The minimum atomic E-state index is -3.14. The molecule has 1 aromatic heterocycles. The summed E-state index contributed by atoms with van der Waals surface area (Å²) in [5.74, 6) is -3.14. The number of aromatic nitrogens is 1. The minimum absolute atomic E-state index is 0.107. The molecule has 0 amide bonds. The lowest BCUT2D eigenvalue weighted by Crippen LogP contribution is -2.21. The van der Waals surface area contributed by atoms with E-state index in [0.717, 1.165) is 0 Å². The minimum Gasteiger partial charge on any atom is -0.382 e. The third-order valence-electron chi connectivity index (χ3n) is 1.55. The monoisotopic (exact) mass is 251 g/mol. The smallest absolute Gasteiger partial charge is 0.274 e. The molecule has 13 heavy (non-hydrogen) atoms. The van der Waals surface area contributed by atoms with Crippen LogP contribution in [0.25, 0.3) is 0 Å². The van der Waals surface area contributed by atoms with Crippen LogP contribution in [0.2, 0.25) is 0 Å². The Balaban J connectivity index is 2.90. The van der Waals surface area contributed by atoms with Crippen LogP contribution in [0.3, 0.4) is 0 Å². The van der Waals surface area contributed by atoms with Crippen molar-refractivity contribution in [1.29, 1.82) is 0 Å². The van der Waals surface area contributed by atoms with E-state index in [1.807, 2.05) is 0 Å². The van der Waals surface area contributed by atoms with E-state index in [4.69, 9.17) is 5.11 Å². The molecule has 0 spiro atoms. The second kappa shape index (κ2) is 3.67. The maximum Gasteiger partial charge on any atom is 0.274 e. The number of nitrogens with zero attached hydrogens (tertiary/aromatic N) is 1. The van der Waals surface area contributed by atoms with Gasteiger partial charge in [-0.1, -0.05) is 6.07 Å². The highest BCUT2D eigenvalue weighted by atomic mass is 79.9. The van der Waals surface area contributed by atoms with Gasteiger partial charge in [0.25, 0.3) is 5.92 Å². The zero-order valence-electron chi connectivity index (χ0n) is 6.84. The number of pyridine rings is 1. The van der Waals surface area contributed by atoms with Crippen LogP contribution in [0.5, 0.6) is 0 Å². The van der Waals surface area contributed by atoms with Crippen molar-refractivity contribution in [2.45, 2.75) is 19.0 Å². The van der Waals surface area contributed by atoms with Gasteiger partial charge in [-0.2, -0.15) is 0 Å². The lowest BCUT2D eigenvalue weighted by Gasteiger charge is -2.17. The molecule has 1 heterocycles. The number of hydrogen-bond donors (Lipinski definition) is 1. The molecule has 72 valence electrons. The summed E-state index contributed by atoms with van der Waals surface area (Å²) >= 11 is 3.06. The lowest BCUT2D eigenvalue weighted by molar-refractivity contribution is -0.0955. The molecular weight excluding hydrogens is 244 g/mol. The van der Waals surface area contributed by atoms with Gasteiger partial charge in [-0.3, -0.25) is 0 Å². The highest BCUT2D eigenvalue weighted by Crippen LogP contribution is 2.30. The van der Waals surface area contributed by atoms with Gasteiger partial charge in [-0.25, -0.2) is 13.8 Å². The van der Waals surface area contributed by atoms with Crippen LogP contribution in [0.15, 0.2) is 22.9 Å². The fourth-order valence-corrected chi connectivity index (χ4v) is 1.08. The van der Waals surface area contributed by atoms with Crippen LogP contribution in [0, 0.1) is 0 Å². The van der Waals surface area contributed by atoms with E-state index in [0.29, 0.717) is 11.5 Å². The molecule has 1 atom stereocenters. The fraction of sp³-hybridized carbons (Fsp3) is 0.375. The first-order valence-electron chi connectivity index (χ1n) is 3.58. The standard InChI is InChI=1S/C8H8BrF2NO/c1-8(10,11)7(13)5-2-3-6(9)12-4-5/h2-4,7,13H,1H3. The van der Waals surface area contributed by atoms with Gasteiger partial charge in [0.15, 0.2) is 0 Å². The maximum atomic E-state index is 12.6. The van der Waals surface area contributed by atoms with Crippen molar-refractivity contribution in [3.05, 3.63) is 28.5 Å². The van der Waals surface area contributed by atoms with Crippen molar-refractivity contribution >= 4 is 15.9 Å². The van der Waals surface area contributed by atoms with Crippen molar-refractivity contribution in [2.24, 2.45) is 0 Å². The topological polar surface area (TPSA) is 33.1 Å². The van der Waals surface area contributed by atoms with Crippen LogP contribution in [0.1, 0.15) is 18.6 Å². The Labute approximate surface area is 82.7 Å². The molecule has 0 aliphatic rings. The Morgan fingerprint density at radius 1 is 1.54 bits per heavy atom. The van der Waals surface area contributed by atoms with E-state index in [2.05, 4.69) is 20.9 Å². The van der Waals surface area contributed by atoms with Gasteiger partial charge in [0.2, 0.25) is 0 Å². The molecule has 0 saturated carbocycles. The van der Waals surface area contributed by atoms with Gasteiger partial charge >= 0.3 is 0 Å². The van der Waals surface area contributed by atoms with E-state index in [1.165, 1.54) is 18.3 Å². The SMILES string of the molecule is CC(F)(F)C(O)c1ccc(Br)nc1. The predicted molar refractivity (Wildman–Crippen MR) is 47.5 cm³/mol. The number of aliphatic hydroxyl groups is 1. The molecule has 0 saturated heterocycles. The molecule has 1 N–H and O–H groups in total. The van der Waals surface area contributed by atoms with Crippen LogP contribution < -0.4 is 0 Å². The van der Waals surface area contributed by atoms with Crippen LogP contribution in [-0.4, -0.2) is 16.0 Å². The van der Waals surface area contributed by atoms with E-state index >= 15 is 0 Å². The first kappa shape index (κ1) is 10.5. The number of hydrogen-bond acceptors (Lipinski definition) is 2. The van der Waals surface area contributed by atoms with Gasteiger partial charge in [-0.15, -0.1) is 0 Å². The summed E-state index contributed by atoms with van der Waals surface area (Å²) in [5.41, 5.74) is 0.107. The zero-order chi connectivity index (χ0) is 10.1. The second-order valence-corrected chi connectivity index (χ2v) is 3.59. The van der Waals surface area contributed by atoms with Gasteiger partial charge < -0.3 is 5.11 Å². The van der Waals surface area contributed by atoms with Crippen LogP contribution in [-0.2, 0) is 0 Å². The van der Waals surface area contributed by atoms with Crippen LogP contribution >= 0.6 is 15.9 Å². The van der Waals surface area contributed by atoms with E-state index in [1.54, 1.807) is 0 Å². The summed E-state index contributed by atoms with van der Waals surface area (Å²) < 4.78 is 25.8. The molecule has 0 aromatic carbocycles. The molecule has 0 aliphatic heterocycles. The number of halogens is 3. The molecule has 0 aliphatic carbocycles. The molecule has 2 nitrogen and oxygen atoms in total. The Bertz CT molecular complexity index is 283. The van der Waals surface area contributed by atoms with Gasteiger partial charge in [-0.05, 0) is 22.0 Å². The van der Waals surface area contributed by atoms with E-state index < -0.39 is 12.0 Å². The Hall–Kier alpha value is -0.550. The van der Waals surface area contributed by atoms with Gasteiger partial charge in [0.1, 0.15) is 10.7 Å². The van der Waals surface area contributed by atoms with Gasteiger partial charge in [0.05, 0.1) is 0 Å². The summed E-state index contributed by atoms with van der Waals surface area (Å²) in [7, 11) is 0. The molecular formula is C8H8BrF2NO. The third-order valence-corrected chi connectivity index (χ3v) is 2.02. The molecule has 1 rings (SSSR count). The summed E-state index contributed by atoms with van der Waals surface area (Å²) in [6.07, 6.45) is -0.584. The summed E-state index contributed by atoms with van der Waals surface area (Å²) in [6, 6.07) is 2.91. The average Bonchev–Trinajstić information content (AvgIpc) is 2.03. The molecule has 0 fully saturated rings. The number of aliphatic hydroxyl groups excluding tert-OH is 1. The normalized spacial score (nSPS) is 14.2. The van der Waals surface area contributed by atoms with Crippen molar-refractivity contribution in [2.75, 3.05) is 0 Å². The highest BCUT2D eigenvalue weighted by molar-refractivity contribution is 9.10. The first-order chi connectivity index (χ1) is 5.91. The second-order valence-electron chi connectivity index (χ2n) is 2.77. The van der Waals surface area contributed by atoms with Crippen molar-refractivity contribution < 1.29 is 13.9 Å². The lowest BCUT2D eigenvalue weighted by atomic mass is 10.1. The average molecular weight is 252 g/mol. The van der Waals surface area contributed by atoms with Crippen molar-refractivity contribution in [3.8, 4) is 0 Å². The fourth-order valence-electron chi connectivity index (χ4n) is 0.842. The van der Waals surface area contributed by atoms with Crippen LogP contribution in [0.4, 0.5) is 8.78 Å². The Morgan fingerprint density at radius 3 is 2.54 bits per heavy atom. The van der Waals surface area contributed by atoms with Crippen molar-refractivity contribution in [3.63, 3.8) is 0 Å². The molecule has 0 radical (unpaired) electrons. The Kier molecular flexibility index (Phi) is 2.98. The van der Waals surface area contributed by atoms with E-state index in [-0.39, 0.29) is 5.56 Å². The maximum absolute atomic E-state index is 12.6. The third kappa shape index (κ3) is 2.70. The summed E-state index contributed by atoms with van der Waals surface area (Å²) in [5, 5.41) is 9.14. The predicted octanol–water partition coefficient (Wildman–Crippen LogP) is 2.53. The molecule has 1 aromatic rings. The molecule has 5 heteroatoms. The molecule has 1 unspecified atom stereocenters. The van der Waals surface area contributed by atoms with E-state index in [9.17, 15) is 8.78 Å². The molecule has 0 bridgehead atoms. The Morgan fingerprint density at radius 2 is 2.15 bits per heavy atom. The summed E-state index contributed by atoms with van der Waals surface area (Å²) in [4.78, 5) is 3.74.